The zero-order valence-electron chi connectivity index (χ0n) is 6.08. The lowest BCUT2D eigenvalue weighted by molar-refractivity contribution is 0.574. The number of furan rings is 1. The zero-order valence-corrected chi connectivity index (χ0v) is 7.23. The summed E-state index contributed by atoms with van der Waals surface area (Å²) in [5, 5.41) is 1.19. The summed E-state index contributed by atoms with van der Waals surface area (Å²) < 4.78 is 5.50. The van der Waals surface area contributed by atoms with E-state index in [0.29, 0.717) is 0 Å². The molecule has 1 aromatic heterocycles. The van der Waals surface area contributed by atoms with Crippen molar-refractivity contribution in [1.29, 1.82) is 0 Å². The molecule has 0 radical (unpaired) electrons. The van der Waals surface area contributed by atoms with E-state index in [1.54, 1.807) is 0 Å². The first-order chi connectivity index (χ1) is 5.40. The highest BCUT2D eigenvalue weighted by Gasteiger charge is 1.98. The largest absolute Gasteiger partial charge is 0.461 e. The van der Waals surface area contributed by atoms with Crippen LogP contribution in [0.4, 0.5) is 0 Å². The third kappa shape index (κ3) is 1.17. The first-order valence-corrected chi connectivity index (χ1v) is 4.39. The molecule has 1 aromatic carbocycles. The number of hydrogen-bond donors (Lipinski definition) is 0. The Hall–Kier alpha value is -0.810. The third-order valence-corrected chi connectivity index (χ3v) is 2.08. The van der Waals surface area contributed by atoms with E-state index in [2.05, 4.69) is 21.4 Å². The summed E-state index contributed by atoms with van der Waals surface area (Å²) in [7, 11) is 2.65. The molecule has 11 heavy (non-hydrogen) atoms. The SMILES string of the molecule is PCc1cc2ccccc2o1. The van der Waals surface area contributed by atoms with Gasteiger partial charge in [-0.3, -0.25) is 0 Å². The number of benzene rings is 1. The lowest BCUT2D eigenvalue weighted by atomic mass is 10.2. The van der Waals surface area contributed by atoms with Crippen molar-refractivity contribution in [1.82, 2.24) is 0 Å². The van der Waals surface area contributed by atoms with Crippen LogP contribution in [0.3, 0.4) is 0 Å². The fourth-order valence-corrected chi connectivity index (χ4v) is 1.34. The Morgan fingerprint density at radius 2 is 2.09 bits per heavy atom. The molecule has 0 N–H and O–H groups in total. The van der Waals surface area contributed by atoms with Crippen molar-refractivity contribution >= 4 is 20.2 Å². The van der Waals surface area contributed by atoms with Crippen molar-refractivity contribution in [3.05, 3.63) is 36.1 Å². The fourth-order valence-electron chi connectivity index (χ4n) is 1.14. The quantitative estimate of drug-likeness (QED) is 0.590. The van der Waals surface area contributed by atoms with E-state index in [1.165, 1.54) is 5.39 Å². The van der Waals surface area contributed by atoms with Gasteiger partial charge in [-0.2, -0.15) is 0 Å². The Bertz CT molecular complexity index is 331. The Labute approximate surface area is 67.6 Å². The Kier molecular flexibility index (Phi) is 1.67. The topological polar surface area (TPSA) is 13.1 Å². The van der Waals surface area contributed by atoms with Gasteiger partial charge in [0.15, 0.2) is 0 Å². The van der Waals surface area contributed by atoms with Crippen molar-refractivity contribution in [3.8, 4) is 0 Å². The monoisotopic (exact) mass is 164 g/mol. The molecule has 0 fully saturated rings. The second kappa shape index (κ2) is 2.67. The average Bonchev–Trinajstić information content (AvgIpc) is 2.46. The molecule has 2 heteroatoms. The summed E-state index contributed by atoms with van der Waals surface area (Å²) in [5.74, 6) is 1.02. The van der Waals surface area contributed by atoms with E-state index in [0.717, 1.165) is 17.5 Å². The molecule has 0 bridgehead atoms. The molecule has 0 aliphatic heterocycles. The van der Waals surface area contributed by atoms with Gasteiger partial charge in [0, 0.05) is 11.5 Å². The number of rotatable bonds is 1. The van der Waals surface area contributed by atoms with Crippen molar-refractivity contribution in [2.45, 2.75) is 6.16 Å². The van der Waals surface area contributed by atoms with Gasteiger partial charge in [-0.25, -0.2) is 0 Å². The average molecular weight is 164 g/mol. The lowest BCUT2D eigenvalue weighted by Crippen LogP contribution is -1.62. The molecule has 0 saturated heterocycles. The van der Waals surface area contributed by atoms with Crippen LogP contribution >= 0.6 is 9.24 Å². The highest BCUT2D eigenvalue weighted by molar-refractivity contribution is 7.15. The van der Waals surface area contributed by atoms with Crippen LogP contribution in [0, 0.1) is 0 Å². The Balaban J connectivity index is 2.69. The first kappa shape index (κ1) is 6.87. The molecule has 1 heterocycles. The highest BCUT2D eigenvalue weighted by atomic mass is 31.0. The maximum atomic E-state index is 5.50. The number of hydrogen-bond acceptors (Lipinski definition) is 1. The first-order valence-electron chi connectivity index (χ1n) is 3.57. The standard InChI is InChI=1S/C9H9OP/c11-6-8-5-7-3-1-2-4-9(7)10-8/h1-5H,6,11H2. The van der Waals surface area contributed by atoms with Gasteiger partial charge in [-0.15, -0.1) is 9.24 Å². The van der Waals surface area contributed by atoms with Crippen molar-refractivity contribution < 1.29 is 4.42 Å². The van der Waals surface area contributed by atoms with Crippen LogP contribution in [0.1, 0.15) is 5.76 Å². The van der Waals surface area contributed by atoms with Crippen molar-refractivity contribution in [2.24, 2.45) is 0 Å². The maximum absolute atomic E-state index is 5.50. The van der Waals surface area contributed by atoms with Gasteiger partial charge < -0.3 is 4.42 Å². The van der Waals surface area contributed by atoms with Gasteiger partial charge >= 0.3 is 0 Å². The maximum Gasteiger partial charge on any atom is 0.134 e. The van der Waals surface area contributed by atoms with Crippen LogP contribution in [0.25, 0.3) is 11.0 Å². The van der Waals surface area contributed by atoms with Crippen molar-refractivity contribution in [3.63, 3.8) is 0 Å². The van der Waals surface area contributed by atoms with Crippen LogP contribution in [0.5, 0.6) is 0 Å². The predicted molar refractivity (Wildman–Crippen MR) is 49.6 cm³/mol. The second-order valence-electron chi connectivity index (χ2n) is 2.45. The summed E-state index contributed by atoms with van der Waals surface area (Å²) >= 11 is 0. The summed E-state index contributed by atoms with van der Waals surface area (Å²) in [4.78, 5) is 0. The normalized spacial score (nSPS) is 10.6. The minimum Gasteiger partial charge on any atom is -0.461 e. The third-order valence-electron chi connectivity index (χ3n) is 1.68. The van der Waals surface area contributed by atoms with Gasteiger partial charge in [-0.05, 0) is 12.1 Å². The van der Waals surface area contributed by atoms with Crippen molar-refractivity contribution in [2.75, 3.05) is 0 Å². The van der Waals surface area contributed by atoms with Crippen LogP contribution in [-0.2, 0) is 6.16 Å². The molecule has 1 unspecified atom stereocenters. The molecule has 2 rings (SSSR count). The van der Waals surface area contributed by atoms with E-state index >= 15 is 0 Å². The molecular formula is C9H9OP. The minimum absolute atomic E-state index is 0.884. The Morgan fingerprint density at radius 1 is 1.27 bits per heavy atom. The summed E-state index contributed by atoms with van der Waals surface area (Å²) in [6, 6.07) is 10.1. The molecule has 1 atom stereocenters. The van der Waals surface area contributed by atoms with E-state index in [9.17, 15) is 0 Å². The molecule has 0 spiro atoms. The minimum atomic E-state index is 0.884. The highest BCUT2D eigenvalue weighted by Crippen LogP contribution is 2.19. The van der Waals surface area contributed by atoms with E-state index in [1.807, 2.05) is 18.2 Å². The molecule has 0 amide bonds. The molecule has 0 saturated carbocycles. The van der Waals surface area contributed by atoms with Gasteiger partial charge in [0.25, 0.3) is 0 Å². The lowest BCUT2D eigenvalue weighted by Gasteiger charge is -1.83. The summed E-state index contributed by atoms with van der Waals surface area (Å²) in [6.07, 6.45) is 0.884. The smallest absolute Gasteiger partial charge is 0.134 e. The van der Waals surface area contributed by atoms with E-state index in [-0.39, 0.29) is 0 Å². The summed E-state index contributed by atoms with van der Waals surface area (Å²) in [5.41, 5.74) is 0.977. The second-order valence-corrected chi connectivity index (χ2v) is 2.86. The fraction of sp³-hybridized carbons (Fsp3) is 0.111. The zero-order chi connectivity index (χ0) is 7.68. The molecule has 0 aliphatic rings. The van der Waals surface area contributed by atoms with Crippen LogP contribution in [0.2, 0.25) is 0 Å². The molecule has 2 aromatic rings. The molecule has 1 nitrogen and oxygen atoms in total. The Morgan fingerprint density at radius 3 is 2.82 bits per heavy atom. The van der Waals surface area contributed by atoms with E-state index < -0.39 is 0 Å². The predicted octanol–water partition coefficient (Wildman–Crippen LogP) is 2.81. The molecule has 56 valence electrons. The molecular weight excluding hydrogens is 155 g/mol. The number of para-hydroxylation sites is 1. The van der Waals surface area contributed by atoms with Gasteiger partial charge in [0.2, 0.25) is 0 Å². The summed E-state index contributed by atoms with van der Waals surface area (Å²) in [6.45, 7) is 0. The van der Waals surface area contributed by atoms with Crippen LogP contribution in [0.15, 0.2) is 34.7 Å². The van der Waals surface area contributed by atoms with E-state index in [4.69, 9.17) is 4.42 Å². The van der Waals surface area contributed by atoms with Crippen LogP contribution in [-0.4, -0.2) is 0 Å². The van der Waals surface area contributed by atoms with Gasteiger partial charge in [0.1, 0.15) is 11.3 Å². The van der Waals surface area contributed by atoms with Gasteiger partial charge in [-0.1, -0.05) is 18.2 Å². The van der Waals surface area contributed by atoms with Gasteiger partial charge in [0.05, 0.1) is 0 Å². The van der Waals surface area contributed by atoms with Crippen LogP contribution < -0.4 is 0 Å². The molecule has 0 aliphatic carbocycles. The number of fused-ring (bicyclic) bond motifs is 1.